The van der Waals surface area contributed by atoms with E-state index in [-0.39, 0.29) is 17.6 Å². The lowest BCUT2D eigenvalue weighted by atomic mass is 9.83. The van der Waals surface area contributed by atoms with E-state index < -0.39 is 0 Å². The fourth-order valence-electron chi connectivity index (χ4n) is 5.15. The van der Waals surface area contributed by atoms with Gasteiger partial charge in [0.15, 0.2) is 0 Å². The van der Waals surface area contributed by atoms with Crippen LogP contribution < -0.4 is 10.3 Å². The van der Waals surface area contributed by atoms with Gasteiger partial charge in [0, 0.05) is 17.3 Å². The highest BCUT2D eigenvalue weighted by molar-refractivity contribution is 7.96. The van der Waals surface area contributed by atoms with Crippen molar-refractivity contribution in [3.8, 4) is 0 Å². The molecule has 1 saturated carbocycles. The zero-order valence-corrected chi connectivity index (χ0v) is 19.0. The Morgan fingerprint density at radius 3 is 2.53 bits per heavy atom. The maximum Gasteiger partial charge on any atom is 0.254 e. The molecule has 162 valence electrons. The summed E-state index contributed by atoms with van der Waals surface area (Å²) in [5.74, 6) is 0.655. The Labute approximate surface area is 184 Å². The molecule has 0 radical (unpaired) electrons. The van der Waals surface area contributed by atoms with Crippen molar-refractivity contribution in [3.63, 3.8) is 0 Å². The molecule has 1 fully saturated rings. The molecule has 1 N–H and O–H groups in total. The third-order valence-electron chi connectivity index (χ3n) is 6.89. The highest BCUT2D eigenvalue weighted by Crippen LogP contribution is 2.35. The summed E-state index contributed by atoms with van der Waals surface area (Å²) in [6.45, 7) is 2.67. The number of pyridine rings is 1. The molecule has 0 amide bonds. The number of benzene rings is 1. The monoisotopic (exact) mass is 426 g/mol. The standard InChI is InChI=1S/C25H34N2O2S/c1-3-18-9-12-21-13-16-23(26-30-2)24(27(21)25(18)28)17-29-22-14-10-20(11-15-22)19-7-5-4-6-8-19/h4-9,12,20,22-24,26H,3,10-11,13-17H2,1-2H3. The van der Waals surface area contributed by atoms with E-state index >= 15 is 0 Å². The van der Waals surface area contributed by atoms with E-state index in [1.165, 1.54) is 18.4 Å². The molecule has 0 bridgehead atoms. The van der Waals surface area contributed by atoms with E-state index in [2.05, 4.69) is 54.3 Å². The summed E-state index contributed by atoms with van der Waals surface area (Å²) in [5.41, 5.74) is 3.68. The largest absolute Gasteiger partial charge is 0.376 e. The minimum Gasteiger partial charge on any atom is -0.376 e. The van der Waals surface area contributed by atoms with Crippen LogP contribution in [0.25, 0.3) is 0 Å². The van der Waals surface area contributed by atoms with Crippen LogP contribution in [0.4, 0.5) is 0 Å². The minimum atomic E-state index is 0.0621. The van der Waals surface area contributed by atoms with Gasteiger partial charge in [0.2, 0.25) is 0 Å². The summed E-state index contributed by atoms with van der Waals surface area (Å²) in [5, 5.41) is 0. The molecule has 0 saturated heterocycles. The first-order chi connectivity index (χ1) is 14.7. The summed E-state index contributed by atoms with van der Waals surface area (Å²) in [6, 6.07) is 15.4. The van der Waals surface area contributed by atoms with Gasteiger partial charge in [0.25, 0.3) is 5.56 Å². The minimum absolute atomic E-state index is 0.0621. The van der Waals surface area contributed by atoms with Gasteiger partial charge in [-0.3, -0.25) is 9.52 Å². The molecule has 2 heterocycles. The van der Waals surface area contributed by atoms with Crippen molar-refractivity contribution in [3.05, 3.63) is 69.6 Å². The van der Waals surface area contributed by atoms with Gasteiger partial charge in [-0.05, 0) is 68.7 Å². The maximum atomic E-state index is 13.1. The van der Waals surface area contributed by atoms with Crippen molar-refractivity contribution >= 4 is 11.9 Å². The van der Waals surface area contributed by atoms with Crippen LogP contribution in [0.3, 0.4) is 0 Å². The second kappa shape index (κ2) is 10.2. The van der Waals surface area contributed by atoms with Gasteiger partial charge in [-0.25, -0.2) is 0 Å². The van der Waals surface area contributed by atoms with Crippen LogP contribution in [0.5, 0.6) is 0 Å². The number of hydrogen-bond donors (Lipinski definition) is 1. The Balaban J connectivity index is 1.44. The predicted molar refractivity (Wildman–Crippen MR) is 125 cm³/mol. The lowest BCUT2D eigenvalue weighted by Crippen LogP contribution is -2.46. The topological polar surface area (TPSA) is 43.3 Å². The smallest absolute Gasteiger partial charge is 0.254 e. The molecule has 1 aromatic heterocycles. The van der Waals surface area contributed by atoms with E-state index in [1.54, 1.807) is 11.9 Å². The zero-order chi connectivity index (χ0) is 20.9. The molecule has 2 aromatic rings. The number of hydrogen-bond acceptors (Lipinski definition) is 4. The summed E-state index contributed by atoms with van der Waals surface area (Å²) < 4.78 is 12.0. The average Bonchev–Trinajstić information content (AvgIpc) is 2.80. The first kappa shape index (κ1) is 21.7. The second-order valence-corrected chi connectivity index (χ2v) is 9.27. The fraction of sp³-hybridized carbons (Fsp3) is 0.560. The quantitative estimate of drug-likeness (QED) is 0.641. The molecule has 2 atom stereocenters. The number of fused-ring (bicyclic) bond motifs is 1. The van der Waals surface area contributed by atoms with Crippen LogP contribution in [0.15, 0.2) is 47.3 Å². The molecule has 5 heteroatoms. The van der Waals surface area contributed by atoms with Crippen LogP contribution in [-0.4, -0.2) is 29.6 Å². The molecule has 4 rings (SSSR count). The fourth-order valence-corrected chi connectivity index (χ4v) is 5.73. The Morgan fingerprint density at radius 1 is 1.07 bits per heavy atom. The van der Waals surface area contributed by atoms with Gasteiger partial charge in [-0.15, -0.1) is 0 Å². The molecule has 1 aliphatic heterocycles. The van der Waals surface area contributed by atoms with Gasteiger partial charge < -0.3 is 9.30 Å². The summed E-state index contributed by atoms with van der Waals surface area (Å²) in [7, 11) is 0. The number of ether oxygens (including phenoxy) is 1. The lowest BCUT2D eigenvalue weighted by molar-refractivity contribution is -0.00153. The lowest BCUT2D eigenvalue weighted by Gasteiger charge is -2.37. The molecule has 4 nitrogen and oxygen atoms in total. The summed E-state index contributed by atoms with van der Waals surface area (Å²) in [4.78, 5) is 13.1. The molecule has 2 aliphatic rings. The summed E-state index contributed by atoms with van der Waals surface area (Å²) in [6.07, 6.45) is 9.69. The highest BCUT2D eigenvalue weighted by Gasteiger charge is 2.32. The Bertz CT molecular complexity index is 874. The number of rotatable bonds is 7. The Hall–Kier alpha value is -1.56. The number of nitrogens with zero attached hydrogens (tertiary/aromatic N) is 1. The van der Waals surface area contributed by atoms with Crippen molar-refractivity contribution in [2.75, 3.05) is 12.9 Å². The van der Waals surface area contributed by atoms with Gasteiger partial charge in [-0.1, -0.05) is 55.3 Å². The van der Waals surface area contributed by atoms with Crippen molar-refractivity contribution < 1.29 is 4.74 Å². The average molecular weight is 427 g/mol. The third-order valence-corrected chi connectivity index (χ3v) is 7.42. The van der Waals surface area contributed by atoms with Crippen LogP contribution in [0.1, 0.15) is 67.8 Å². The van der Waals surface area contributed by atoms with Crippen molar-refractivity contribution in [1.82, 2.24) is 9.29 Å². The van der Waals surface area contributed by atoms with Crippen molar-refractivity contribution in [2.45, 2.75) is 76.0 Å². The van der Waals surface area contributed by atoms with Crippen LogP contribution in [-0.2, 0) is 17.6 Å². The van der Waals surface area contributed by atoms with Crippen molar-refractivity contribution in [1.29, 1.82) is 0 Å². The summed E-state index contributed by atoms with van der Waals surface area (Å²) >= 11 is 1.64. The van der Waals surface area contributed by atoms with Crippen LogP contribution >= 0.6 is 11.9 Å². The predicted octanol–water partition coefficient (Wildman–Crippen LogP) is 4.88. The van der Waals surface area contributed by atoms with Crippen LogP contribution in [0, 0.1) is 0 Å². The van der Waals surface area contributed by atoms with Gasteiger partial charge in [-0.2, -0.15) is 0 Å². The van der Waals surface area contributed by atoms with E-state index in [0.29, 0.717) is 18.6 Å². The van der Waals surface area contributed by atoms with Gasteiger partial charge in [0.1, 0.15) is 0 Å². The molecule has 2 unspecified atom stereocenters. The molecular weight excluding hydrogens is 392 g/mol. The van der Waals surface area contributed by atoms with E-state index in [9.17, 15) is 4.79 Å². The maximum absolute atomic E-state index is 13.1. The number of nitrogens with one attached hydrogen (secondary N) is 1. The van der Waals surface area contributed by atoms with E-state index in [1.807, 2.05) is 10.6 Å². The number of aromatic nitrogens is 1. The van der Waals surface area contributed by atoms with Crippen LogP contribution in [0.2, 0.25) is 0 Å². The Morgan fingerprint density at radius 2 is 1.83 bits per heavy atom. The first-order valence-corrected chi connectivity index (χ1v) is 12.6. The first-order valence-electron chi connectivity index (χ1n) is 11.4. The number of aryl methyl sites for hydroxylation is 2. The van der Waals surface area contributed by atoms with Crippen molar-refractivity contribution in [2.24, 2.45) is 0 Å². The molecule has 1 aromatic carbocycles. The molecule has 1 aliphatic carbocycles. The van der Waals surface area contributed by atoms with E-state index in [4.69, 9.17) is 4.74 Å². The molecule has 30 heavy (non-hydrogen) atoms. The zero-order valence-electron chi connectivity index (χ0n) is 18.2. The van der Waals surface area contributed by atoms with Gasteiger partial charge >= 0.3 is 0 Å². The SMILES string of the molecule is CCc1ccc2n(c1=O)C(COC1CCC(c3ccccc3)CC1)C(NSC)CC2. The molecule has 0 spiro atoms. The Kier molecular flexibility index (Phi) is 7.34. The van der Waals surface area contributed by atoms with Gasteiger partial charge in [0.05, 0.1) is 18.8 Å². The molecular formula is C25H34N2O2S. The normalized spacial score (nSPS) is 26.3. The third kappa shape index (κ3) is 4.68. The second-order valence-electron chi connectivity index (χ2n) is 8.63. The highest BCUT2D eigenvalue weighted by atomic mass is 32.2. The van der Waals surface area contributed by atoms with E-state index in [0.717, 1.165) is 43.4 Å².